The van der Waals surface area contributed by atoms with Gasteiger partial charge in [0.05, 0.1) is 0 Å². The van der Waals surface area contributed by atoms with Crippen LogP contribution in [-0.2, 0) is 0 Å². The Labute approximate surface area is 93.4 Å². The summed E-state index contributed by atoms with van der Waals surface area (Å²) in [6.07, 6.45) is 0. The van der Waals surface area contributed by atoms with Crippen LogP contribution in [0.5, 0.6) is 0 Å². The van der Waals surface area contributed by atoms with E-state index in [0.29, 0.717) is 4.46 Å². The molecule has 0 saturated heterocycles. The molecule has 15 heavy (non-hydrogen) atoms. The molecule has 0 atom stereocenters. The van der Waals surface area contributed by atoms with E-state index in [1.165, 1.54) is 11.0 Å². The van der Waals surface area contributed by atoms with Crippen LogP contribution >= 0.6 is 0 Å². The fraction of sp³-hybridized carbons (Fsp3) is 0.222. The first-order chi connectivity index (χ1) is 7.02. The molecule has 0 aliphatic rings. The van der Waals surface area contributed by atoms with Gasteiger partial charge in [0, 0.05) is 0 Å². The Morgan fingerprint density at radius 1 is 1.40 bits per heavy atom. The van der Waals surface area contributed by atoms with Gasteiger partial charge in [0.2, 0.25) is 0 Å². The molecule has 0 unspecified atom stereocenters. The maximum atomic E-state index is 11.4. The number of para-hydroxylation sites is 1. The van der Waals surface area contributed by atoms with Gasteiger partial charge >= 0.3 is 93.0 Å². The van der Waals surface area contributed by atoms with E-state index in [4.69, 9.17) is 0 Å². The predicted octanol–water partition coefficient (Wildman–Crippen LogP) is 0.606. The first-order valence-corrected chi connectivity index (χ1v) is 5.86. The van der Waals surface area contributed by atoms with E-state index in [0.717, 1.165) is 0 Å². The van der Waals surface area contributed by atoms with Crippen molar-refractivity contribution in [3.63, 3.8) is 0 Å². The summed E-state index contributed by atoms with van der Waals surface area (Å²) in [4.78, 5) is 23.0. The van der Waals surface area contributed by atoms with Crippen LogP contribution in [0.1, 0.15) is 0 Å². The summed E-state index contributed by atoms with van der Waals surface area (Å²) < 4.78 is 0.508. The monoisotopic (exact) mass is 274 g/mol. The van der Waals surface area contributed by atoms with E-state index in [-0.39, 0.29) is 10.5 Å². The van der Waals surface area contributed by atoms with Crippen molar-refractivity contribution in [2.45, 2.75) is 0 Å². The minimum atomic E-state index is -0.535. The molecule has 1 aromatic rings. The molecule has 0 spiro atoms. The number of benzene rings is 1. The summed E-state index contributed by atoms with van der Waals surface area (Å²) in [5.41, 5.74) is 0.0210. The van der Waals surface area contributed by atoms with Crippen molar-refractivity contribution in [1.29, 1.82) is 0 Å². The average molecular weight is 273 g/mol. The van der Waals surface area contributed by atoms with Gasteiger partial charge in [-0.2, -0.15) is 0 Å². The van der Waals surface area contributed by atoms with Crippen LogP contribution in [0, 0.1) is 10.1 Å². The summed E-state index contributed by atoms with van der Waals surface area (Å²) >= 11 is -0.535. The van der Waals surface area contributed by atoms with Crippen LogP contribution in [0.25, 0.3) is 0 Å². The third-order valence-electron chi connectivity index (χ3n) is 1.62. The van der Waals surface area contributed by atoms with E-state index in [9.17, 15) is 14.9 Å². The molecule has 1 rings (SSSR count). The zero-order valence-electron chi connectivity index (χ0n) is 8.34. The second-order valence-electron chi connectivity index (χ2n) is 2.99. The molecule has 0 bridgehead atoms. The Morgan fingerprint density at radius 3 is 2.53 bits per heavy atom. The number of rotatable bonds is 3. The van der Waals surface area contributed by atoms with E-state index in [1.807, 2.05) is 0 Å². The van der Waals surface area contributed by atoms with E-state index < -0.39 is 19.9 Å². The number of nitro groups is 1. The summed E-state index contributed by atoms with van der Waals surface area (Å²) in [7, 11) is 3.28. The SMILES string of the molecule is CN(C)C(=O)[Se]c1ccccc1[N+](=O)[O-]. The zero-order valence-corrected chi connectivity index (χ0v) is 10.0. The van der Waals surface area contributed by atoms with Crippen LogP contribution < -0.4 is 4.46 Å². The Bertz CT molecular complexity index is 393. The standard InChI is InChI=1S/C9H10N2O3Se/c1-10(2)9(12)15-8-6-4-3-5-7(8)11(13)14/h3-6H,1-2H3. The number of nitro benzene ring substituents is 1. The van der Waals surface area contributed by atoms with Crippen LogP contribution in [0.15, 0.2) is 24.3 Å². The molecule has 0 N–H and O–H groups in total. The normalized spacial score (nSPS) is 9.73. The molecule has 0 aromatic heterocycles. The molecule has 1 amide bonds. The molecule has 80 valence electrons. The molecule has 0 aliphatic heterocycles. The topological polar surface area (TPSA) is 63.5 Å². The molecule has 0 aliphatic carbocycles. The molecular weight excluding hydrogens is 263 g/mol. The molecule has 1 aromatic carbocycles. The average Bonchev–Trinajstić information content (AvgIpc) is 2.18. The first-order valence-electron chi connectivity index (χ1n) is 4.15. The number of hydrogen-bond donors (Lipinski definition) is 0. The van der Waals surface area contributed by atoms with E-state index >= 15 is 0 Å². The van der Waals surface area contributed by atoms with Gasteiger partial charge in [-0.15, -0.1) is 0 Å². The molecule has 0 saturated carbocycles. The van der Waals surface area contributed by atoms with Crippen molar-refractivity contribution in [3.05, 3.63) is 34.4 Å². The number of nitrogens with zero attached hydrogens (tertiary/aromatic N) is 2. The first kappa shape index (κ1) is 11.7. The second kappa shape index (κ2) is 4.91. The van der Waals surface area contributed by atoms with Crippen molar-refractivity contribution in [2.24, 2.45) is 0 Å². The van der Waals surface area contributed by atoms with Crippen molar-refractivity contribution in [3.8, 4) is 0 Å². The molecule has 0 radical (unpaired) electrons. The molecule has 0 fully saturated rings. The van der Waals surface area contributed by atoms with E-state index in [1.54, 1.807) is 32.3 Å². The Balaban J connectivity index is 2.94. The Morgan fingerprint density at radius 2 is 2.00 bits per heavy atom. The van der Waals surface area contributed by atoms with E-state index in [2.05, 4.69) is 0 Å². The van der Waals surface area contributed by atoms with Crippen LogP contribution in [0.3, 0.4) is 0 Å². The third kappa shape index (κ3) is 3.04. The molecule has 5 nitrogen and oxygen atoms in total. The maximum absolute atomic E-state index is 11.4. The van der Waals surface area contributed by atoms with Gasteiger partial charge in [-0.3, -0.25) is 0 Å². The van der Waals surface area contributed by atoms with Gasteiger partial charge in [-0.05, 0) is 0 Å². The van der Waals surface area contributed by atoms with Gasteiger partial charge < -0.3 is 0 Å². The van der Waals surface area contributed by atoms with Crippen LogP contribution in [0.2, 0.25) is 0 Å². The van der Waals surface area contributed by atoms with Gasteiger partial charge in [0.1, 0.15) is 0 Å². The third-order valence-corrected chi connectivity index (χ3v) is 3.94. The van der Waals surface area contributed by atoms with Crippen LogP contribution in [0.4, 0.5) is 10.5 Å². The fourth-order valence-corrected chi connectivity index (χ4v) is 2.48. The molecule has 0 heterocycles. The van der Waals surface area contributed by atoms with Crippen molar-refractivity contribution >= 4 is 29.9 Å². The fourth-order valence-electron chi connectivity index (χ4n) is 0.880. The zero-order chi connectivity index (χ0) is 11.4. The quantitative estimate of drug-likeness (QED) is 0.460. The summed E-state index contributed by atoms with van der Waals surface area (Å²) in [5, 5.41) is 10.7. The van der Waals surface area contributed by atoms with Gasteiger partial charge in [-0.1, -0.05) is 0 Å². The van der Waals surface area contributed by atoms with Gasteiger partial charge in [0.15, 0.2) is 0 Å². The summed E-state index contributed by atoms with van der Waals surface area (Å²) in [6.45, 7) is 0. The summed E-state index contributed by atoms with van der Waals surface area (Å²) in [5.74, 6) is 0. The Kier molecular flexibility index (Phi) is 3.82. The molecular formula is C9H10N2O3Se. The number of hydrogen-bond acceptors (Lipinski definition) is 3. The second-order valence-corrected chi connectivity index (χ2v) is 5.07. The molecule has 6 heteroatoms. The summed E-state index contributed by atoms with van der Waals surface area (Å²) in [6, 6.07) is 6.34. The predicted molar refractivity (Wildman–Crippen MR) is 57.6 cm³/mol. The minimum absolute atomic E-state index is 0.0210. The van der Waals surface area contributed by atoms with Gasteiger partial charge in [-0.25, -0.2) is 0 Å². The van der Waals surface area contributed by atoms with Crippen molar-refractivity contribution in [1.82, 2.24) is 4.90 Å². The number of carbonyl (C=O) groups is 1. The number of amides is 1. The van der Waals surface area contributed by atoms with Crippen molar-refractivity contribution in [2.75, 3.05) is 14.1 Å². The van der Waals surface area contributed by atoms with Gasteiger partial charge in [0.25, 0.3) is 0 Å². The Hall–Kier alpha value is -1.39. The van der Waals surface area contributed by atoms with Crippen molar-refractivity contribution < 1.29 is 9.72 Å². The number of carbonyl (C=O) groups excluding carboxylic acids is 1. The van der Waals surface area contributed by atoms with Crippen LogP contribution in [-0.4, -0.2) is 43.7 Å².